The molecule has 3 saturated heterocycles. The highest BCUT2D eigenvalue weighted by Gasteiger charge is 2.47. The maximum atomic E-state index is 13.3. The zero-order chi connectivity index (χ0) is 22.8. The van der Waals surface area contributed by atoms with Crippen molar-refractivity contribution in [3.05, 3.63) is 0 Å². The van der Waals surface area contributed by atoms with Crippen molar-refractivity contribution < 1.29 is 14.4 Å². The van der Waals surface area contributed by atoms with Gasteiger partial charge in [-0.2, -0.15) is 0 Å². The van der Waals surface area contributed by atoms with Crippen molar-refractivity contribution in [1.82, 2.24) is 26.2 Å². The Kier molecular flexibility index (Phi) is 7.40. The number of carbonyl (C=O) groups excluding carboxylic acids is 3. The summed E-state index contributed by atoms with van der Waals surface area (Å²) in [5.74, 6) is 1.28. The standard InChI is InChI=1S/C24H41N5O3/c1-14-7-8-17(27-24(32)28-22(30)20-6-4-5-9-25-20)12-18(14)19-11-16-13-26-15(2)10-21(16)29(3)23(19)31/h14-21,25-26H,4-13H2,1-3H3,(H2,27,28,30,32). The number of amides is 4. The number of fused-ring (bicyclic) bond motifs is 1. The van der Waals surface area contributed by atoms with E-state index in [1.54, 1.807) is 0 Å². The zero-order valence-electron chi connectivity index (χ0n) is 19.9. The van der Waals surface area contributed by atoms with E-state index in [0.29, 0.717) is 23.9 Å². The van der Waals surface area contributed by atoms with E-state index in [9.17, 15) is 14.4 Å². The van der Waals surface area contributed by atoms with Gasteiger partial charge < -0.3 is 20.9 Å². The number of nitrogens with one attached hydrogen (secondary N) is 4. The predicted molar refractivity (Wildman–Crippen MR) is 123 cm³/mol. The largest absolute Gasteiger partial charge is 0.342 e. The molecule has 4 rings (SSSR count). The van der Waals surface area contributed by atoms with Gasteiger partial charge in [0.2, 0.25) is 11.8 Å². The lowest BCUT2D eigenvalue weighted by Crippen LogP contribution is -2.60. The SMILES string of the molecule is CC1CC2C(CN1)CC(C1CC(NC(=O)NC(=O)C3CCCCN3)CCC1C)C(=O)N2C. The summed E-state index contributed by atoms with van der Waals surface area (Å²) >= 11 is 0. The van der Waals surface area contributed by atoms with Gasteiger partial charge >= 0.3 is 6.03 Å². The smallest absolute Gasteiger partial charge is 0.321 e. The fraction of sp³-hybridized carbons (Fsp3) is 0.875. The quantitative estimate of drug-likeness (QED) is 0.526. The molecular formula is C24H41N5O3. The first-order valence-corrected chi connectivity index (χ1v) is 12.7. The van der Waals surface area contributed by atoms with E-state index < -0.39 is 6.03 Å². The fourth-order valence-corrected chi connectivity index (χ4v) is 6.60. The number of hydrogen-bond donors (Lipinski definition) is 4. The van der Waals surface area contributed by atoms with E-state index in [2.05, 4.69) is 35.1 Å². The highest BCUT2D eigenvalue weighted by molar-refractivity contribution is 5.97. The van der Waals surface area contributed by atoms with Gasteiger partial charge in [-0.05, 0) is 76.2 Å². The first-order valence-electron chi connectivity index (χ1n) is 12.7. The molecule has 4 fully saturated rings. The first-order chi connectivity index (χ1) is 15.3. The van der Waals surface area contributed by atoms with E-state index in [1.807, 2.05) is 11.9 Å². The highest BCUT2D eigenvalue weighted by Crippen LogP contribution is 2.43. The summed E-state index contributed by atoms with van der Waals surface area (Å²) in [6.45, 7) is 6.24. The summed E-state index contributed by atoms with van der Waals surface area (Å²) in [6, 6.07) is 0.119. The Morgan fingerprint density at radius 1 is 1.03 bits per heavy atom. The van der Waals surface area contributed by atoms with Gasteiger partial charge in [0.25, 0.3) is 0 Å². The van der Waals surface area contributed by atoms with E-state index in [-0.39, 0.29) is 35.7 Å². The maximum Gasteiger partial charge on any atom is 0.321 e. The summed E-state index contributed by atoms with van der Waals surface area (Å²) in [6.07, 6.45) is 7.50. The molecule has 4 amide bonds. The molecule has 1 saturated carbocycles. The molecule has 32 heavy (non-hydrogen) atoms. The molecule has 8 nitrogen and oxygen atoms in total. The Balaban J connectivity index is 1.34. The summed E-state index contributed by atoms with van der Waals surface area (Å²) < 4.78 is 0. The van der Waals surface area contributed by atoms with Gasteiger partial charge in [0, 0.05) is 37.6 Å². The van der Waals surface area contributed by atoms with Crippen LogP contribution in [0.3, 0.4) is 0 Å². The molecule has 8 heteroatoms. The van der Waals surface area contributed by atoms with Crippen LogP contribution in [0.2, 0.25) is 0 Å². The highest BCUT2D eigenvalue weighted by atomic mass is 16.2. The fourth-order valence-electron chi connectivity index (χ4n) is 6.60. The number of carbonyl (C=O) groups is 3. The first kappa shape index (κ1) is 23.5. The number of piperidine rings is 3. The summed E-state index contributed by atoms with van der Waals surface area (Å²) in [5.41, 5.74) is 0. The Hall–Kier alpha value is -1.67. The molecule has 180 valence electrons. The molecule has 0 radical (unpaired) electrons. The van der Waals surface area contributed by atoms with Gasteiger partial charge in [-0.3, -0.25) is 14.9 Å². The Morgan fingerprint density at radius 3 is 2.59 bits per heavy atom. The number of likely N-dealkylation sites (tertiary alicyclic amines) is 1. The van der Waals surface area contributed by atoms with Gasteiger partial charge in [-0.25, -0.2) is 4.79 Å². The minimum absolute atomic E-state index is 0.00338. The number of nitrogens with zero attached hydrogens (tertiary/aromatic N) is 1. The lowest BCUT2D eigenvalue weighted by molar-refractivity contribution is -0.148. The Labute approximate surface area is 192 Å². The van der Waals surface area contributed by atoms with Crippen molar-refractivity contribution >= 4 is 17.8 Å². The molecule has 3 heterocycles. The van der Waals surface area contributed by atoms with Crippen molar-refractivity contribution in [1.29, 1.82) is 0 Å². The van der Waals surface area contributed by atoms with E-state index in [1.165, 1.54) is 0 Å². The average Bonchev–Trinajstić information content (AvgIpc) is 2.78. The van der Waals surface area contributed by atoms with E-state index in [0.717, 1.165) is 64.5 Å². The van der Waals surface area contributed by atoms with Crippen LogP contribution >= 0.6 is 0 Å². The van der Waals surface area contributed by atoms with Crippen molar-refractivity contribution in [3.8, 4) is 0 Å². The second kappa shape index (κ2) is 10.1. The molecule has 4 aliphatic rings. The molecule has 0 aromatic heterocycles. The van der Waals surface area contributed by atoms with Crippen LogP contribution in [0.1, 0.15) is 65.2 Å². The monoisotopic (exact) mass is 447 g/mol. The molecule has 8 atom stereocenters. The van der Waals surface area contributed by atoms with Gasteiger partial charge in [0.1, 0.15) is 0 Å². The molecule has 4 N–H and O–H groups in total. The molecule has 0 bridgehead atoms. The van der Waals surface area contributed by atoms with Crippen molar-refractivity contribution in [3.63, 3.8) is 0 Å². The van der Waals surface area contributed by atoms with Gasteiger partial charge in [0.15, 0.2) is 0 Å². The maximum absolute atomic E-state index is 13.3. The Morgan fingerprint density at radius 2 is 1.84 bits per heavy atom. The Bertz CT molecular complexity index is 710. The molecule has 8 unspecified atom stereocenters. The van der Waals surface area contributed by atoms with Crippen LogP contribution in [0.5, 0.6) is 0 Å². The number of imide groups is 1. The normalized spacial score (nSPS) is 40.3. The number of hydrogen-bond acceptors (Lipinski definition) is 5. The summed E-state index contributed by atoms with van der Waals surface area (Å²) in [7, 11) is 1.98. The van der Waals surface area contributed by atoms with E-state index >= 15 is 0 Å². The molecule has 3 aliphatic heterocycles. The predicted octanol–water partition coefficient (Wildman–Crippen LogP) is 1.60. The lowest BCUT2D eigenvalue weighted by Gasteiger charge is -2.50. The van der Waals surface area contributed by atoms with Crippen LogP contribution in [-0.2, 0) is 9.59 Å². The van der Waals surface area contributed by atoms with Crippen LogP contribution in [0.4, 0.5) is 4.79 Å². The summed E-state index contributed by atoms with van der Waals surface area (Å²) in [4.78, 5) is 40.2. The lowest BCUT2D eigenvalue weighted by atomic mass is 9.65. The van der Waals surface area contributed by atoms with Gasteiger partial charge in [-0.15, -0.1) is 0 Å². The van der Waals surface area contributed by atoms with Crippen LogP contribution < -0.4 is 21.3 Å². The average molecular weight is 448 g/mol. The molecule has 1 aliphatic carbocycles. The van der Waals surface area contributed by atoms with Crippen LogP contribution in [0.15, 0.2) is 0 Å². The van der Waals surface area contributed by atoms with Crippen molar-refractivity contribution in [2.45, 2.75) is 89.4 Å². The van der Waals surface area contributed by atoms with Gasteiger partial charge in [-0.1, -0.05) is 13.3 Å². The molecular weight excluding hydrogens is 406 g/mol. The summed E-state index contributed by atoms with van der Waals surface area (Å²) in [5, 5.41) is 12.3. The molecule has 0 aromatic carbocycles. The number of urea groups is 1. The van der Waals surface area contributed by atoms with Crippen molar-refractivity contribution in [2.24, 2.45) is 23.7 Å². The third-order valence-electron chi connectivity index (χ3n) is 8.56. The van der Waals surface area contributed by atoms with Gasteiger partial charge in [0.05, 0.1) is 6.04 Å². The third kappa shape index (κ3) is 5.11. The topological polar surface area (TPSA) is 103 Å². The number of rotatable bonds is 3. The second-order valence-electron chi connectivity index (χ2n) is 10.8. The van der Waals surface area contributed by atoms with Crippen LogP contribution in [0, 0.1) is 23.7 Å². The molecule has 0 aromatic rings. The second-order valence-corrected chi connectivity index (χ2v) is 10.8. The third-order valence-corrected chi connectivity index (χ3v) is 8.56. The minimum Gasteiger partial charge on any atom is -0.342 e. The van der Waals surface area contributed by atoms with Crippen molar-refractivity contribution in [2.75, 3.05) is 20.1 Å². The van der Waals surface area contributed by atoms with E-state index in [4.69, 9.17) is 0 Å². The minimum atomic E-state index is -0.404. The zero-order valence-corrected chi connectivity index (χ0v) is 19.9. The molecule has 0 spiro atoms. The van der Waals surface area contributed by atoms with Crippen LogP contribution in [-0.4, -0.2) is 67.0 Å². The van der Waals surface area contributed by atoms with Crippen LogP contribution in [0.25, 0.3) is 0 Å².